The smallest absolute Gasteiger partial charge is 0.233 e. The number of hydrogen-bond donors (Lipinski definition) is 0. The summed E-state index contributed by atoms with van der Waals surface area (Å²) >= 11 is 0. The van der Waals surface area contributed by atoms with E-state index in [2.05, 4.69) is 0 Å². The van der Waals surface area contributed by atoms with Crippen molar-refractivity contribution in [3.8, 4) is 11.5 Å². The molecular weight excluding hydrogens is 254 g/mol. The Morgan fingerprint density at radius 2 is 2.15 bits per heavy atom. The summed E-state index contributed by atoms with van der Waals surface area (Å²) in [7, 11) is 0. The average Bonchev–Trinajstić information content (AvgIpc) is 3.01. The highest BCUT2D eigenvalue weighted by Crippen LogP contribution is 2.29. The Balaban J connectivity index is 1.55. The standard InChI is InChI=1S/C16H17NO3/c18-16(17-8-1-2-9-17)7-11-19-14-6-5-13-4-3-10-20-15(13)12-14/h1-2,5-6,8-9,12H,3-4,7,10-11H2. The SMILES string of the molecule is O=C(CCOc1ccc2c(c1)OCCC2)n1cccc1. The molecular formula is C16H17NO3. The second-order valence-electron chi connectivity index (χ2n) is 4.80. The van der Waals surface area contributed by atoms with Crippen molar-refractivity contribution in [2.45, 2.75) is 19.3 Å². The Bertz CT molecular complexity index is 590. The number of ether oxygens (including phenoxy) is 2. The molecule has 4 heteroatoms. The molecule has 20 heavy (non-hydrogen) atoms. The van der Waals surface area contributed by atoms with Crippen LogP contribution in [0.25, 0.3) is 0 Å². The molecule has 1 aliphatic rings. The number of carbonyl (C=O) groups excluding carboxylic acids is 1. The molecule has 0 radical (unpaired) electrons. The van der Waals surface area contributed by atoms with Crippen molar-refractivity contribution < 1.29 is 14.3 Å². The van der Waals surface area contributed by atoms with E-state index in [1.165, 1.54) is 5.56 Å². The fourth-order valence-corrected chi connectivity index (χ4v) is 2.30. The minimum Gasteiger partial charge on any atom is -0.493 e. The molecule has 4 nitrogen and oxygen atoms in total. The summed E-state index contributed by atoms with van der Waals surface area (Å²) in [6.45, 7) is 1.14. The van der Waals surface area contributed by atoms with Gasteiger partial charge >= 0.3 is 0 Å². The molecule has 1 aliphatic heterocycles. The lowest BCUT2D eigenvalue weighted by atomic mass is 10.1. The van der Waals surface area contributed by atoms with Gasteiger partial charge in [0, 0.05) is 18.5 Å². The first-order valence-corrected chi connectivity index (χ1v) is 6.87. The predicted octanol–water partition coefficient (Wildman–Crippen LogP) is 2.92. The van der Waals surface area contributed by atoms with Crippen molar-refractivity contribution in [3.63, 3.8) is 0 Å². The Kier molecular flexibility index (Phi) is 3.72. The quantitative estimate of drug-likeness (QED) is 0.858. The van der Waals surface area contributed by atoms with Crippen LogP contribution in [0, 0.1) is 0 Å². The van der Waals surface area contributed by atoms with E-state index in [1.54, 1.807) is 17.0 Å². The Hall–Kier alpha value is -2.23. The van der Waals surface area contributed by atoms with Crippen LogP contribution in [0.4, 0.5) is 0 Å². The van der Waals surface area contributed by atoms with Gasteiger partial charge in [-0.05, 0) is 36.6 Å². The van der Waals surface area contributed by atoms with Gasteiger partial charge in [0.2, 0.25) is 5.91 Å². The number of hydrogen-bond acceptors (Lipinski definition) is 3. The van der Waals surface area contributed by atoms with Gasteiger partial charge in [-0.15, -0.1) is 0 Å². The van der Waals surface area contributed by atoms with Gasteiger partial charge in [-0.1, -0.05) is 6.07 Å². The lowest BCUT2D eigenvalue weighted by molar-refractivity contribution is 0.0881. The molecule has 0 unspecified atom stereocenters. The van der Waals surface area contributed by atoms with Gasteiger partial charge in [-0.25, -0.2) is 0 Å². The van der Waals surface area contributed by atoms with E-state index < -0.39 is 0 Å². The van der Waals surface area contributed by atoms with Gasteiger partial charge in [0.1, 0.15) is 11.5 Å². The topological polar surface area (TPSA) is 40.5 Å². The first kappa shape index (κ1) is 12.8. The minimum absolute atomic E-state index is 0.0317. The summed E-state index contributed by atoms with van der Waals surface area (Å²) in [6, 6.07) is 9.55. The fraction of sp³-hybridized carbons (Fsp3) is 0.312. The molecule has 2 heterocycles. The molecule has 3 rings (SSSR count). The lowest BCUT2D eigenvalue weighted by Crippen LogP contribution is -2.13. The normalized spacial score (nSPS) is 13.4. The fourth-order valence-electron chi connectivity index (χ4n) is 2.30. The summed E-state index contributed by atoms with van der Waals surface area (Å²) in [5.41, 5.74) is 1.23. The molecule has 0 saturated carbocycles. The molecule has 104 valence electrons. The molecule has 1 aromatic carbocycles. The molecule has 0 bridgehead atoms. The van der Waals surface area contributed by atoms with Gasteiger partial charge in [-0.2, -0.15) is 0 Å². The van der Waals surface area contributed by atoms with E-state index in [0.717, 1.165) is 30.9 Å². The molecule has 0 amide bonds. The number of fused-ring (bicyclic) bond motifs is 1. The van der Waals surface area contributed by atoms with Gasteiger partial charge in [0.15, 0.2) is 0 Å². The van der Waals surface area contributed by atoms with Crippen molar-refractivity contribution in [2.75, 3.05) is 13.2 Å². The van der Waals surface area contributed by atoms with Gasteiger partial charge < -0.3 is 9.47 Å². The third-order valence-electron chi connectivity index (χ3n) is 3.36. The van der Waals surface area contributed by atoms with Gasteiger partial charge in [-0.3, -0.25) is 9.36 Å². The highest BCUT2D eigenvalue weighted by molar-refractivity contribution is 5.78. The number of carbonyl (C=O) groups is 1. The van der Waals surface area contributed by atoms with Crippen LogP contribution in [0.5, 0.6) is 11.5 Å². The van der Waals surface area contributed by atoms with Crippen molar-refractivity contribution in [1.82, 2.24) is 4.57 Å². The zero-order chi connectivity index (χ0) is 13.8. The van der Waals surface area contributed by atoms with Crippen LogP contribution < -0.4 is 9.47 Å². The Labute approximate surface area is 117 Å². The van der Waals surface area contributed by atoms with Crippen LogP contribution in [0.1, 0.15) is 23.2 Å². The van der Waals surface area contributed by atoms with Crippen molar-refractivity contribution in [2.24, 2.45) is 0 Å². The number of aromatic nitrogens is 1. The van der Waals surface area contributed by atoms with Crippen molar-refractivity contribution in [3.05, 3.63) is 48.3 Å². The zero-order valence-electron chi connectivity index (χ0n) is 11.2. The maximum Gasteiger partial charge on any atom is 0.233 e. The van der Waals surface area contributed by atoms with Crippen LogP contribution in [0.3, 0.4) is 0 Å². The highest BCUT2D eigenvalue weighted by atomic mass is 16.5. The number of benzene rings is 1. The Morgan fingerprint density at radius 3 is 3.00 bits per heavy atom. The van der Waals surface area contributed by atoms with Gasteiger partial charge in [0.05, 0.1) is 19.6 Å². The lowest BCUT2D eigenvalue weighted by Gasteiger charge is -2.18. The van der Waals surface area contributed by atoms with Crippen LogP contribution in [-0.2, 0) is 6.42 Å². The Morgan fingerprint density at radius 1 is 1.30 bits per heavy atom. The van der Waals surface area contributed by atoms with Crippen LogP contribution in [0.2, 0.25) is 0 Å². The molecule has 0 N–H and O–H groups in total. The summed E-state index contributed by atoms with van der Waals surface area (Å²) < 4.78 is 12.8. The molecule has 0 spiro atoms. The largest absolute Gasteiger partial charge is 0.493 e. The van der Waals surface area contributed by atoms with E-state index in [9.17, 15) is 4.79 Å². The van der Waals surface area contributed by atoms with E-state index in [0.29, 0.717) is 13.0 Å². The summed E-state index contributed by atoms with van der Waals surface area (Å²) in [5, 5.41) is 0. The van der Waals surface area contributed by atoms with Crippen LogP contribution in [-0.4, -0.2) is 23.7 Å². The van der Waals surface area contributed by atoms with E-state index in [1.807, 2.05) is 30.3 Å². The monoisotopic (exact) mass is 271 g/mol. The molecule has 0 atom stereocenters. The molecule has 0 saturated heterocycles. The van der Waals surface area contributed by atoms with Crippen molar-refractivity contribution in [1.29, 1.82) is 0 Å². The molecule has 2 aromatic rings. The summed E-state index contributed by atoms with van der Waals surface area (Å²) in [4.78, 5) is 11.8. The van der Waals surface area contributed by atoms with Crippen LogP contribution in [0.15, 0.2) is 42.7 Å². The third kappa shape index (κ3) is 2.85. The second kappa shape index (κ2) is 5.82. The summed E-state index contributed by atoms with van der Waals surface area (Å²) in [5.74, 6) is 1.70. The molecule has 0 fully saturated rings. The van der Waals surface area contributed by atoms with Crippen LogP contribution >= 0.6 is 0 Å². The first-order valence-electron chi connectivity index (χ1n) is 6.87. The maximum absolute atomic E-state index is 11.8. The highest BCUT2D eigenvalue weighted by Gasteiger charge is 2.11. The average molecular weight is 271 g/mol. The van der Waals surface area contributed by atoms with Gasteiger partial charge in [0.25, 0.3) is 0 Å². The molecule has 0 aliphatic carbocycles. The predicted molar refractivity (Wildman–Crippen MR) is 75.4 cm³/mol. The third-order valence-corrected chi connectivity index (χ3v) is 3.36. The van der Waals surface area contributed by atoms with E-state index >= 15 is 0 Å². The number of nitrogens with zero attached hydrogens (tertiary/aromatic N) is 1. The minimum atomic E-state index is 0.0317. The maximum atomic E-state index is 11.8. The first-order chi connectivity index (χ1) is 9.83. The summed E-state index contributed by atoms with van der Waals surface area (Å²) in [6.07, 6.45) is 5.97. The molecule has 1 aromatic heterocycles. The second-order valence-corrected chi connectivity index (χ2v) is 4.80. The van der Waals surface area contributed by atoms with E-state index in [-0.39, 0.29) is 5.91 Å². The zero-order valence-corrected chi connectivity index (χ0v) is 11.2. The number of aryl methyl sites for hydroxylation is 1. The van der Waals surface area contributed by atoms with E-state index in [4.69, 9.17) is 9.47 Å². The van der Waals surface area contributed by atoms with Crippen molar-refractivity contribution >= 4 is 5.91 Å². The number of rotatable bonds is 4.